The summed E-state index contributed by atoms with van der Waals surface area (Å²) < 4.78 is 7.61. The number of carbonyl (C=O) groups excluding carboxylic acids is 1. The van der Waals surface area contributed by atoms with Gasteiger partial charge in [-0.15, -0.1) is 0 Å². The maximum absolute atomic E-state index is 12.9. The first-order valence-corrected chi connectivity index (χ1v) is 10.1. The van der Waals surface area contributed by atoms with E-state index in [0.29, 0.717) is 34.2 Å². The molecule has 2 aromatic rings. The fourth-order valence-corrected chi connectivity index (χ4v) is 3.18. The predicted molar refractivity (Wildman–Crippen MR) is 116 cm³/mol. The van der Waals surface area contributed by atoms with Gasteiger partial charge in [0.05, 0.1) is 11.4 Å². The van der Waals surface area contributed by atoms with Crippen LogP contribution in [0, 0.1) is 0 Å². The van der Waals surface area contributed by atoms with Crippen molar-refractivity contribution in [3.05, 3.63) is 33.2 Å². The first-order valence-electron chi connectivity index (χ1n) is 9.28. The third-order valence-electron chi connectivity index (χ3n) is 4.04. The molecule has 1 aromatic heterocycles. The van der Waals surface area contributed by atoms with Gasteiger partial charge < -0.3 is 9.64 Å². The van der Waals surface area contributed by atoms with Crippen molar-refractivity contribution in [2.24, 2.45) is 0 Å². The summed E-state index contributed by atoms with van der Waals surface area (Å²) in [4.78, 5) is 29.3. The number of likely N-dealkylation sites (N-methyl/N-ethyl adjacent to an activating group) is 1. The number of halogens is 1. The molecule has 0 saturated heterocycles. The van der Waals surface area contributed by atoms with Gasteiger partial charge in [-0.05, 0) is 82.8 Å². The molecule has 0 spiro atoms. The monoisotopic (exact) mass is 452 g/mol. The molecule has 7 nitrogen and oxygen atoms in total. The molecule has 0 unspecified atom stereocenters. The Balaban J connectivity index is 2.57. The summed E-state index contributed by atoms with van der Waals surface area (Å²) in [7, 11) is 3.88. The average Bonchev–Trinajstić information content (AvgIpc) is 2.56. The highest BCUT2D eigenvalue weighted by Crippen LogP contribution is 2.26. The number of aromatic nitrogens is 2. The Morgan fingerprint density at radius 1 is 1.21 bits per heavy atom. The number of fused-ring (bicyclic) bond motifs is 1. The molecule has 0 saturated carbocycles. The van der Waals surface area contributed by atoms with Gasteiger partial charge in [0.1, 0.15) is 10.2 Å². The van der Waals surface area contributed by atoms with Crippen molar-refractivity contribution < 1.29 is 9.53 Å². The Hall–Kier alpha value is -1.93. The quantitative estimate of drug-likeness (QED) is 0.684. The summed E-state index contributed by atoms with van der Waals surface area (Å²) in [6.45, 7) is 10.4. The van der Waals surface area contributed by atoms with Crippen LogP contribution >= 0.6 is 15.9 Å². The molecule has 0 atom stereocenters. The van der Waals surface area contributed by atoms with Crippen molar-refractivity contribution in [3.63, 3.8) is 0 Å². The topological polar surface area (TPSA) is 67.7 Å². The molecule has 154 valence electrons. The van der Waals surface area contributed by atoms with E-state index in [4.69, 9.17) is 4.74 Å². The van der Waals surface area contributed by atoms with Crippen LogP contribution < -0.4 is 10.5 Å². The first-order chi connectivity index (χ1) is 12.9. The lowest BCUT2D eigenvalue weighted by Crippen LogP contribution is -2.40. The van der Waals surface area contributed by atoms with E-state index in [-0.39, 0.29) is 11.6 Å². The van der Waals surface area contributed by atoms with E-state index in [2.05, 4.69) is 21.0 Å². The van der Waals surface area contributed by atoms with Gasteiger partial charge in [-0.2, -0.15) is 5.10 Å². The molecule has 28 heavy (non-hydrogen) atoms. The molecule has 0 aliphatic heterocycles. The lowest BCUT2D eigenvalue weighted by molar-refractivity contribution is 0.0578. The van der Waals surface area contributed by atoms with Crippen LogP contribution in [0.15, 0.2) is 27.6 Å². The summed E-state index contributed by atoms with van der Waals surface area (Å²) in [5, 5.41) is 5.54. The van der Waals surface area contributed by atoms with Crippen molar-refractivity contribution in [1.29, 1.82) is 0 Å². The predicted octanol–water partition coefficient (Wildman–Crippen LogP) is 4.04. The largest absolute Gasteiger partial charge is 0.443 e. The Kier molecular flexibility index (Phi) is 6.88. The number of hydrogen-bond acceptors (Lipinski definition) is 5. The molecule has 2 rings (SSSR count). The van der Waals surface area contributed by atoms with E-state index in [1.165, 1.54) is 4.68 Å². The number of hydrogen-bond donors (Lipinski definition) is 0. The van der Waals surface area contributed by atoms with Gasteiger partial charge in [-0.3, -0.25) is 9.69 Å². The van der Waals surface area contributed by atoms with E-state index in [1.807, 2.05) is 59.7 Å². The molecule has 8 heteroatoms. The van der Waals surface area contributed by atoms with E-state index < -0.39 is 11.7 Å². The van der Waals surface area contributed by atoms with Crippen molar-refractivity contribution >= 4 is 38.5 Å². The summed E-state index contributed by atoms with van der Waals surface area (Å²) in [6, 6.07) is 5.28. The fraction of sp³-hybridized carbons (Fsp3) is 0.550. The van der Waals surface area contributed by atoms with E-state index in [0.717, 1.165) is 0 Å². The zero-order chi connectivity index (χ0) is 21.2. The van der Waals surface area contributed by atoms with Gasteiger partial charge >= 0.3 is 6.09 Å². The highest BCUT2D eigenvalue weighted by Gasteiger charge is 2.24. The maximum atomic E-state index is 12.9. The van der Waals surface area contributed by atoms with Crippen LogP contribution in [-0.2, 0) is 4.74 Å². The number of anilines is 1. The third kappa shape index (κ3) is 5.32. The summed E-state index contributed by atoms with van der Waals surface area (Å²) in [6.07, 6.45) is -0.439. The van der Waals surface area contributed by atoms with Crippen LogP contribution in [0.2, 0.25) is 0 Å². The van der Waals surface area contributed by atoms with Gasteiger partial charge in [-0.1, -0.05) is 0 Å². The Morgan fingerprint density at radius 2 is 1.86 bits per heavy atom. The van der Waals surface area contributed by atoms with Crippen LogP contribution in [0.1, 0.15) is 40.7 Å². The molecule has 0 radical (unpaired) electrons. The van der Waals surface area contributed by atoms with Crippen LogP contribution in [0.3, 0.4) is 0 Å². The van der Waals surface area contributed by atoms with Gasteiger partial charge in [-0.25, -0.2) is 9.48 Å². The second-order valence-electron chi connectivity index (χ2n) is 8.30. The molecule has 0 fully saturated rings. The SMILES string of the molecule is CC(C)n1nc(Br)c2ccc(N(CCN(C)C)C(=O)OC(C)(C)C)cc2c1=O. The van der Waals surface area contributed by atoms with Crippen LogP contribution in [0.5, 0.6) is 0 Å². The lowest BCUT2D eigenvalue weighted by Gasteiger charge is -2.28. The lowest BCUT2D eigenvalue weighted by atomic mass is 10.1. The minimum absolute atomic E-state index is 0.0763. The van der Waals surface area contributed by atoms with Crippen molar-refractivity contribution in [3.8, 4) is 0 Å². The Labute approximate surface area is 174 Å². The summed E-state index contributed by atoms with van der Waals surface area (Å²) in [5.41, 5.74) is -0.178. The summed E-state index contributed by atoms with van der Waals surface area (Å²) in [5.74, 6) is 0. The molecule has 0 bridgehead atoms. The Morgan fingerprint density at radius 3 is 2.39 bits per heavy atom. The molecular weight excluding hydrogens is 424 g/mol. The molecule has 0 aliphatic carbocycles. The van der Waals surface area contributed by atoms with Crippen molar-refractivity contribution in [1.82, 2.24) is 14.7 Å². The number of benzene rings is 1. The third-order valence-corrected chi connectivity index (χ3v) is 4.63. The number of nitrogens with zero attached hydrogens (tertiary/aromatic N) is 4. The number of rotatable bonds is 5. The molecule has 1 aromatic carbocycles. The van der Waals surface area contributed by atoms with Crippen LogP contribution in [0.4, 0.5) is 10.5 Å². The summed E-state index contributed by atoms with van der Waals surface area (Å²) >= 11 is 3.45. The zero-order valence-corrected chi connectivity index (χ0v) is 19.2. The second kappa shape index (κ2) is 8.61. The van der Waals surface area contributed by atoms with Crippen LogP contribution in [0.25, 0.3) is 10.8 Å². The highest BCUT2D eigenvalue weighted by molar-refractivity contribution is 9.10. The highest BCUT2D eigenvalue weighted by atomic mass is 79.9. The maximum Gasteiger partial charge on any atom is 0.414 e. The van der Waals surface area contributed by atoms with E-state index in [9.17, 15) is 9.59 Å². The van der Waals surface area contributed by atoms with Gasteiger partial charge in [0.25, 0.3) is 5.56 Å². The average molecular weight is 453 g/mol. The number of amides is 1. The second-order valence-corrected chi connectivity index (χ2v) is 9.05. The molecular formula is C20H29BrN4O3. The molecule has 0 aliphatic rings. The zero-order valence-electron chi connectivity index (χ0n) is 17.6. The van der Waals surface area contributed by atoms with Crippen LogP contribution in [-0.4, -0.2) is 53.6 Å². The van der Waals surface area contributed by atoms with Gasteiger partial charge in [0, 0.05) is 24.2 Å². The molecule has 0 N–H and O–H groups in total. The molecule has 1 heterocycles. The molecule has 1 amide bonds. The minimum Gasteiger partial charge on any atom is -0.443 e. The van der Waals surface area contributed by atoms with E-state index >= 15 is 0 Å². The Bertz CT molecular complexity index is 916. The fourth-order valence-electron chi connectivity index (χ4n) is 2.67. The first kappa shape index (κ1) is 22.4. The van der Waals surface area contributed by atoms with E-state index in [1.54, 1.807) is 17.0 Å². The standard InChI is InChI=1S/C20H29BrN4O3/c1-13(2)25-18(26)16-12-14(8-9-15(16)17(21)22-25)24(11-10-23(6)7)19(27)28-20(3,4)5/h8-9,12-13H,10-11H2,1-7H3. The number of ether oxygens (including phenoxy) is 1. The van der Waals surface area contributed by atoms with Gasteiger partial charge in [0.15, 0.2) is 0 Å². The number of carbonyl (C=O) groups is 1. The smallest absolute Gasteiger partial charge is 0.414 e. The minimum atomic E-state index is -0.610. The van der Waals surface area contributed by atoms with Crippen molar-refractivity contribution in [2.45, 2.75) is 46.3 Å². The van der Waals surface area contributed by atoms with Gasteiger partial charge in [0.2, 0.25) is 0 Å². The normalized spacial score (nSPS) is 12.1. The van der Waals surface area contributed by atoms with Crippen molar-refractivity contribution in [2.75, 3.05) is 32.1 Å².